The van der Waals surface area contributed by atoms with Crippen LogP contribution in [0.1, 0.15) is 5.56 Å². The summed E-state index contributed by atoms with van der Waals surface area (Å²) < 4.78 is 32.9. The predicted octanol–water partition coefficient (Wildman–Crippen LogP) is 2.28. The molecule has 0 fully saturated rings. The van der Waals surface area contributed by atoms with Gasteiger partial charge in [0.2, 0.25) is 0 Å². The molecule has 0 spiro atoms. The molecule has 4 heteroatoms. The third kappa shape index (κ3) is 2.36. The summed E-state index contributed by atoms with van der Waals surface area (Å²) in [6, 6.07) is 4.38. The van der Waals surface area contributed by atoms with Gasteiger partial charge in [-0.15, -0.1) is 6.42 Å². The summed E-state index contributed by atoms with van der Waals surface area (Å²) in [6.07, 6.45) is 5.11. The van der Waals surface area contributed by atoms with Gasteiger partial charge in [0.05, 0.1) is 7.11 Å². The van der Waals surface area contributed by atoms with E-state index >= 15 is 0 Å². The van der Waals surface area contributed by atoms with E-state index in [-0.39, 0.29) is 11.5 Å². The van der Waals surface area contributed by atoms with Crippen LogP contribution >= 0.6 is 0 Å². The first-order valence-electron chi connectivity index (χ1n) is 3.77. The third-order valence-corrected chi connectivity index (χ3v) is 1.55. The summed E-state index contributed by atoms with van der Waals surface area (Å²) in [6.45, 7) is -2.89. The van der Waals surface area contributed by atoms with E-state index in [4.69, 9.17) is 11.2 Å². The molecule has 0 aliphatic heterocycles. The van der Waals surface area contributed by atoms with Gasteiger partial charge in [0.1, 0.15) is 0 Å². The lowest BCUT2D eigenvalue weighted by Crippen LogP contribution is -2.03. The summed E-state index contributed by atoms with van der Waals surface area (Å²) in [5.41, 5.74) is 0.460. The molecule has 1 aromatic rings. The molecule has 0 aliphatic carbocycles. The molecule has 14 heavy (non-hydrogen) atoms. The fourth-order valence-corrected chi connectivity index (χ4v) is 0.955. The van der Waals surface area contributed by atoms with Crippen molar-refractivity contribution in [2.45, 2.75) is 6.61 Å². The van der Waals surface area contributed by atoms with Crippen LogP contribution in [0.5, 0.6) is 11.5 Å². The van der Waals surface area contributed by atoms with Crippen molar-refractivity contribution in [3.63, 3.8) is 0 Å². The van der Waals surface area contributed by atoms with Gasteiger partial charge in [-0.3, -0.25) is 0 Å². The highest BCUT2D eigenvalue weighted by molar-refractivity contribution is 5.47. The number of benzene rings is 1. The normalized spacial score (nSPS) is 9.64. The molecule has 0 atom stereocenters. The zero-order valence-electron chi connectivity index (χ0n) is 7.46. The van der Waals surface area contributed by atoms with E-state index in [0.29, 0.717) is 5.56 Å². The minimum Gasteiger partial charge on any atom is -0.493 e. The molecule has 0 saturated carbocycles. The summed E-state index contributed by atoms with van der Waals surface area (Å²) in [4.78, 5) is 0. The van der Waals surface area contributed by atoms with Crippen molar-refractivity contribution in [3.8, 4) is 23.8 Å². The van der Waals surface area contributed by atoms with Crippen molar-refractivity contribution >= 4 is 0 Å². The van der Waals surface area contributed by atoms with E-state index in [9.17, 15) is 8.78 Å². The van der Waals surface area contributed by atoms with Gasteiger partial charge in [0, 0.05) is 5.56 Å². The van der Waals surface area contributed by atoms with Crippen LogP contribution in [-0.2, 0) is 0 Å². The number of hydrogen-bond donors (Lipinski definition) is 0. The van der Waals surface area contributed by atoms with E-state index in [2.05, 4.69) is 10.7 Å². The highest BCUT2D eigenvalue weighted by Crippen LogP contribution is 2.28. The van der Waals surface area contributed by atoms with Crippen LogP contribution in [0.4, 0.5) is 8.78 Å². The summed E-state index contributed by atoms with van der Waals surface area (Å²) in [5, 5.41) is 0. The summed E-state index contributed by atoms with van der Waals surface area (Å²) in [7, 11) is 1.36. The highest BCUT2D eigenvalue weighted by Gasteiger charge is 2.10. The fourth-order valence-electron chi connectivity index (χ4n) is 0.955. The Labute approximate surface area is 80.4 Å². The van der Waals surface area contributed by atoms with Gasteiger partial charge in [-0.1, -0.05) is 5.92 Å². The molecule has 2 nitrogen and oxygen atoms in total. The zero-order valence-corrected chi connectivity index (χ0v) is 7.46. The van der Waals surface area contributed by atoms with Crippen LogP contribution in [0.3, 0.4) is 0 Å². The lowest BCUT2D eigenvalue weighted by atomic mass is 10.2. The van der Waals surface area contributed by atoms with Crippen molar-refractivity contribution < 1.29 is 18.3 Å². The van der Waals surface area contributed by atoms with Gasteiger partial charge in [0.15, 0.2) is 11.5 Å². The van der Waals surface area contributed by atoms with E-state index in [1.165, 1.54) is 19.2 Å². The number of methoxy groups -OCH3 is 1. The number of terminal acetylenes is 1. The Hall–Kier alpha value is -1.76. The molecule has 0 N–H and O–H groups in total. The first-order chi connectivity index (χ1) is 6.67. The van der Waals surface area contributed by atoms with Crippen LogP contribution in [-0.4, -0.2) is 13.7 Å². The molecule has 0 aromatic heterocycles. The first-order valence-corrected chi connectivity index (χ1v) is 3.77. The topological polar surface area (TPSA) is 18.5 Å². The van der Waals surface area contributed by atoms with E-state index in [1.807, 2.05) is 0 Å². The lowest BCUT2D eigenvalue weighted by molar-refractivity contribution is -0.0512. The average molecular weight is 198 g/mol. The Balaban J connectivity index is 3.03. The van der Waals surface area contributed by atoms with Crippen molar-refractivity contribution in [1.29, 1.82) is 0 Å². The summed E-state index contributed by atoms with van der Waals surface area (Å²) in [5.74, 6) is 2.48. The highest BCUT2D eigenvalue weighted by atomic mass is 19.3. The fraction of sp³-hybridized carbons (Fsp3) is 0.200. The molecule has 1 rings (SSSR count). The van der Waals surface area contributed by atoms with Crippen LogP contribution < -0.4 is 9.47 Å². The van der Waals surface area contributed by atoms with Crippen molar-refractivity contribution in [3.05, 3.63) is 23.8 Å². The molecule has 0 amide bonds. The number of rotatable bonds is 3. The Kier molecular flexibility index (Phi) is 3.29. The number of hydrogen-bond acceptors (Lipinski definition) is 2. The van der Waals surface area contributed by atoms with E-state index < -0.39 is 6.61 Å². The maximum absolute atomic E-state index is 11.9. The lowest BCUT2D eigenvalue weighted by Gasteiger charge is -2.09. The predicted molar refractivity (Wildman–Crippen MR) is 47.6 cm³/mol. The molecular formula is C10H8F2O2. The van der Waals surface area contributed by atoms with Crippen LogP contribution in [0, 0.1) is 12.3 Å². The maximum atomic E-state index is 11.9. The Morgan fingerprint density at radius 3 is 2.57 bits per heavy atom. The van der Waals surface area contributed by atoms with Gasteiger partial charge < -0.3 is 9.47 Å². The third-order valence-electron chi connectivity index (χ3n) is 1.55. The Morgan fingerprint density at radius 1 is 1.36 bits per heavy atom. The molecule has 0 radical (unpaired) electrons. The number of alkyl halides is 2. The van der Waals surface area contributed by atoms with Crippen molar-refractivity contribution in [2.24, 2.45) is 0 Å². The van der Waals surface area contributed by atoms with Crippen molar-refractivity contribution in [2.75, 3.05) is 7.11 Å². The molecule has 0 heterocycles. The molecule has 0 saturated heterocycles. The smallest absolute Gasteiger partial charge is 0.387 e. The molecular weight excluding hydrogens is 190 g/mol. The SMILES string of the molecule is C#Cc1ccc(OC)c(OC(F)F)c1. The number of halogens is 2. The van der Waals surface area contributed by atoms with Gasteiger partial charge in [-0.2, -0.15) is 8.78 Å². The minimum atomic E-state index is -2.89. The second kappa shape index (κ2) is 4.47. The quantitative estimate of drug-likeness (QED) is 0.693. The van der Waals surface area contributed by atoms with E-state index in [0.717, 1.165) is 0 Å². The standard InChI is InChI=1S/C10H8F2O2/c1-3-7-4-5-8(13-2)9(6-7)14-10(11)12/h1,4-6,10H,2H3. The molecule has 74 valence electrons. The van der Waals surface area contributed by atoms with Gasteiger partial charge >= 0.3 is 6.61 Å². The zero-order chi connectivity index (χ0) is 10.6. The second-order valence-corrected chi connectivity index (χ2v) is 2.39. The van der Waals surface area contributed by atoms with Crippen LogP contribution in [0.2, 0.25) is 0 Å². The molecule has 0 bridgehead atoms. The van der Waals surface area contributed by atoms with Gasteiger partial charge in [-0.05, 0) is 18.2 Å². The summed E-state index contributed by atoms with van der Waals surface area (Å²) >= 11 is 0. The monoisotopic (exact) mass is 198 g/mol. The molecule has 0 aliphatic rings. The molecule has 1 aromatic carbocycles. The Bertz CT molecular complexity index is 356. The van der Waals surface area contributed by atoms with Gasteiger partial charge in [-0.25, -0.2) is 0 Å². The Morgan fingerprint density at radius 2 is 2.07 bits per heavy atom. The number of ether oxygens (including phenoxy) is 2. The average Bonchev–Trinajstić information content (AvgIpc) is 2.16. The molecule has 0 unspecified atom stereocenters. The van der Waals surface area contributed by atoms with Crippen LogP contribution in [0.25, 0.3) is 0 Å². The van der Waals surface area contributed by atoms with Gasteiger partial charge in [0.25, 0.3) is 0 Å². The first kappa shape index (κ1) is 10.3. The second-order valence-electron chi connectivity index (χ2n) is 2.39. The largest absolute Gasteiger partial charge is 0.493 e. The van der Waals surface area contributed by atoms with Crippen LogP contribution in [0.15, 0.2) is 18.2 Å². The van der Waals surface area contributed by atoms with Crippen molar-refractivity contribution in [1.82, 2.24) is 0 Å². The maximum Gasteiger partial charge on any atom is 0.387 e. The van der Waals surface area contributed by atoms with E-state index in [1.54, 1.807) is 6.07 Å². The minimum absolute atomic E-state index is 0.0575.